The van der Waals surface area contributed by atoms with Gasteiger partial charge in [0.1, 0.15) is 0 Å². The molecule has 3 rings (SSSR count). The molecular weight excluding hydrogens is 208 g/mol. The molecular formula is C15H28N2. The summed E-state index contributed by atoms with van der Waals surface area (Å²) in [6.45, 7) is 11.0. The normalized spacial score (nSPS) is 39.0. The van der Waals surface area contributed by atoms with Crippen LogP contribution in [-0.4, -0.2) is 35.6 Å². The molecule has 0 bridgehead atoms. The maximum absolute atomic E-state index is 3.85. The number of hydrogen-bond donors (Lipinski definition) is 1. The lowest BCUT2D eigenvalue weighted by Gasteiger charge is -2.52. The molecule has 0 aromatic carbocycles. The topological polar surface area (TPSA) is 15.3 Å². The first-order valence-electron chi connectivity index (χ1n) is 7.50. The van der Waals surface area contributed by atoms with Gasteiger partial charge in [0.15, 0.2) is 0 Å². The first kappa shape index (κ1) is 12.0. The summed E-state index contributed by atoms with van der Waals surface area (Å²) in [5, 5.41) is 3.85. The Morgan fingerprint density at radius 1 is 1.12 bits per heavy atom. The van der Waals surface area contributed by atoms with Gasteiger partial charge in [0.25, 0.3) is 0 Å². The fraction of sp³-hybridized carbons (Fsp3) is 1.00. The van der Waals surface area contributed by atoms with Crippen molar-refractivity contribution in [2.75, 3.05) is 19.6 Å². The van der Waals surface area contributed by atoms with E-state index < -0.39 is 0 Å². The van der Waals surface area contributed by atoms with E-state index in [2.05, 4.69) is 31.0 Å². The quantitative estimate of drug-likeness (QED) is 0.810. The minimum Gasteiger partial charge on any atom is -0.308 e. The molecule has 0 aromatic rings. The predicted octanol–water partition coefficient (Wildman–Crippen LogP) is 2.64. The SMILES string of the molecule is CC1(C2CC2)CN(CC2CCC2)C(C)(C)CN1. The molecule has 2 nitrogen and oxygen atoms in total. The Bertz CT molecular complexity index is 291. The van der Waals surface area contributed by atoms with E-state index in [0.29, 0.717) is 11.1 Å². The highest BCUT2D eigenvalue weighted by molar-refractivity contribution is 5.06. The lowest BCUT2D eigenvalue weighted by molar-refractivity contribution is 0.00314. The van der Waals surface area contributed by atoms with E-state index in [1.807, 2.05) is 0 Å². The lowest BCUT2D eigenvalue weighted by Crippen LogP contribution is -2.68. The van der Waals surface area contributed by atoms with E-state index in [0.717, 1.165) is 18.4 Å². The molecule has 1 heterocycles. The van der Waals surface area contributed by atoms with Crippen LogP contribution in [0.25, 0.3) is 0 Å². The molecule has 3 fully saturated rings. The van der Waals surface area contributed by atoms with E-state index in [4.69, 9.17) is 0 Å². The summed E-state index contributed by atoms with van der Waals surface area (Å²) < 4.78 is 0. The predicted molar refractivity (Wildman–Crippen MR) is 72.1 cm³/mol. The van der Waals surface area contributed by atoms with Crippen molar-refractivity contribution in [2.24, 2.45) is 11.8 Å². The van der Waals surface area contributed by atoms with Gasteiger partial charge in [0.05, 0.1) is 0 Å². The van der Waals surface area contributed by atoms with Crippen LogP contribution in [-0.2, 0) is 0 Å². The van der Waals surface area contributed by atoms with Crippen molar-refractivity contribution >= 4 is 0 Å². The Morgan fingerprint density at radius 3 is 2.35 bits per heavy atom. The third kappa shape index (κ3) is 2.26. The number of piperazine rings is 1. The molecule has 98 valence electrons. The fourth-order valence-electron chi connectivity index (χ4n) is 3.49. The van der Waals surface area contributed by atoms with Crippen molar-refractivity contribution in [2.45, 2.75) is 64.0 Å². The monoisotopic (exact) mass is 236 g/mol. The van der Waals surface area contributed by atoms with Crippen LogP contribution in [0.5, 0.6) is 0 Å². The summed E-state index contributed by atoms with van der Waals surface area (Å²) in [7, 11) is 0. The average Bonchev–Trinajstić information content (AvgIpc) is 3.01. The molecule has 0 spiro atoms. The van der Waals surface area contributed by atoms with Crippen molar-refractivity contribution in [3.05, 3.63) is 0 Å². The third-order valence-electron chi connectivity index (χ3n) is 5.48. The highest BCUT2D eigenvalue weighted by Gasteiger charge is 2.48. The standard InChI is InChI=1S/C15H28N2/c1-14(2)10-16-15(3,13-7-8-13)11-17(14)9-12-5-4-6-12/h12-13,16H,4-11H2,1-3H3. The van der Waals surface area contributed by atoms with Crippen molar-refractivity contribution in [1.82, 2.24) is 10.2 Å². The average molecular weight is 236 g/mol. The summed E-state index contributed by atoms with van der Waals surface area (Å²) in [5.74, 6) is 1.94. The van der Waals surface area contributed by atoms with E-state index >= 15 is 0 Å². The molecule has 0 amide bonds. The van der Waals surface area contributed by atoms with E-state index in [9.17, 15) is 0 Å². The Hall–Kier alpha value is -0.0800. The van der Waals surface area contributed by atoms with E-state index in [-0.39, 0.29) is 0 Å². The van der Waals surface area contributed by atoms with Gasteiger partial charge in [-0.05, 0) is 58.3 Å². The minimum atomic E-state index is 0.351. The zero-order valence-electron chi connectivity index (χ0n) is 11.8. The number of nitrogens with one attached hydrogen (secondary N) is 1. The molecule has 1 unspecified atom stereocenters. The Balaban J connectivity index is 1.67. The number of rotatable bonds is 3. The number of nitrogens with zero attached hydrogens (tertiary/aromatic N) is 1. The lowest BCUT2D eigenvalue weighted by atomic mass is 9.81. The van der Waals surface area contributed by atoms with Crippen molar-refractivity contribution in [3.8, 4) is 0 Å². The van der Waals surface area contributed by atoms with Gasteiger partial charge in [-0.15, -0.1) is 0 Å². The first-order chi connectivity index (χ1) is 8.00. The van der Waals surface area contributed by atoms with Crippen LogP contribution in [0.1, 0.15) is 52.9 Å². The zero-order valence-corrected chi connectivity index (χ0v) is 11.8. The summed E-state index contributed by atoms with van der Waals surface area (Å²) in [6, 6.07) is 0. The van der Waals surface area contributed by atoms with Crippen LogP contribution in [0.4, 0.5) is 0 Å². The minimum absolute atomic E-state index is 0.351. The van der Waals surface area contributed by atoms with Crippen LogP contribution >= 0.6 is 0 Å². The molecule has 3 aliphatic rings. The molecule has 2 saturated carbocycles. The second-order valence-corrected chi connectivity index (χ2v) is 7.54. The van der Waals surface area contributed by atoms with E-state index in [1.54, 1.807) is 0 Å². The fourth-order valence-corrected chi connectivity index (χ4v) is 3.49. The maximum atomic E-state index is 3.85. The summed E-state index contributed by atoms with van der Waals surface area (Å²) in [5.41, 5.74) is 0.753. The smallest absolute Gasteiger partial charge is 0.0309 e. The molecule has 1 aliphatic heterocycles. The summed E-state index contributed by atoms with van der Waals surface area (Å²) in [6.07, 6.45) is 7.31. The van der Waals surface area contributed by atoms with Crippen LogP contribution < -0.4 is 5.32 Å². The molecule has 0 radical (unpaired) electrons. The van der Waals surface area contributed by atoms with Gasteiger partial charge < -0.3 is 5.32 Å². The molecule has 2 aliphatic carbocycles. The third-order valence-corrected chi connectivity index (χ3v) is 5.48. The molecule has 2 heteroatoms. The molecule has 17 heavy (non-hydrogen) atoms. The van der Waals surface area contributed by atoms with Gasteiger partial charge in [0.2, 0.25) is 0 Å². The molecule has 1 saturated heterocycles. The van der Waals surface area contributed by atoms with Gasteiger partial charge in [-0.25, -0.2) is 0 Å². The zero-order chi connectivity index (χ0) is 12.1. The highest BCUT2D eigenvalue weighted by atomic mass is 15.3. The first-order valence-corrected chi connectivity index (χ1v) is 7.50. The Labute approximate surface area is 106 Å². The van der Waals surface area contributed by atoms with Crippen molar-refractivity contribution in [1.29, 1.82) is 0 Å². The second kappa shape index (κ2) is 3.96. The van der Waals surface area contributed by atoms with Gasteiger partial charge in [-0.1, -0.05) is 6.42 Å². The van der Waals surface area contributed by atoms with Gasteiger partial charge in [-0.2, -0.15) is 0 Å². The maximum Gasteiger partial charge on any atom is 0.0309 e. The van der Waals surface area contributed by atoms with Crippen LogP contribution in [0.2, 0.25) is 0 Å². The summed E-state index contributed by atoms with van der Waals surface area (Å²) >= 11 is 0. The largest absolute Gasteiger partial charge is 0.308 e. The van der Waals surface area contributed by atoms with Crippen LogP contribution in [0, 0.1) is 11.8 Å². The highest BCUT2D eigenvalue weighted by Crippen LogP contribution is 2.43. The molecule has 1 atom stereocenters. The van der Waals surface area contributed by atoms with Crippen LogP contribution in [0.15, 0.2) is 0 Å². The van der Waals surface area contributed by atoms with E-state index in [1.165, 1.54) is 45.2 Å². The van der Waals surface area contributed by atoms with Gasteiger partial charge >= 0.3 is 0 Å². The molecule has 1 N–H and O–H groups in total. The van der Waals surface area contributed by atoms with Crippen molar-refractivity contribution in [3.63, 3.8) is 0 Å². The van der Waals surface area contributed by atoms with Gasteiger partial charge in [-0.3, -0.25) is 4.90 Å². The van der Waals surface area contributed by atoms with Crippen LogP contribution in [0.3, 0.4) is 0 Å². The van der Waals surface area contributed by atoms with Crippen molar-refractivity contribution < 1.29 is 0 Å². The second-order valence-electron chi connectivity index (χ2n) is 7.54. The van der Waals surface area contributed by atoms with Gasteiger partial charge in [0, 0.05) is 30.7 Å². The number of hydrogen-bond acceptors (Lipinski definition) is 2. The summed E-state index contributed by atoms with van der Waals surface area (Å²) in [4.78, 5) is 2.78. The Kier molecular flexibility index (Phi) is 2.79. The Morgan fingerprint density at radius 2 is 1.82 bits per heavy atom. The molecule has 0 aromatic heterocycles.